The van der Waals surface area contributed by atoms with Gasteiger partial charge in [-0.3, -0.25) is 0 Å². The quantitative estimate of drug-likeness (QED) is 0.702. The van der Waals surface area contributed by atoms with Gasteiger partial charge < -0.3 is 9.64 Å². The Morgan fingerprint density at radius 2 is 1.70 bits per heavy atom. The summed E-state index contributed by atoms with van der Waals surface area (Å²) in [4.78, 5) is 2.75. The molecule has 1 N–H and O–H groups in total. The fraction of sp³-hybridized carbons (Fsp3) is 0.368. The molecule has 1 saturated heterocycles. The van der Waals surface area contributed by atoms with Gasteiger partial charge in [0, 0.05) is 10.6 Å². The van der Waals surface area contributed by atoms with Gasteiger partial charge in [-0.25, -0.2) is 12.8 Å². The molecule has 146 valence electrons. The first-order chi connectivity index (χ1) is 13.0. The van der Waals surface area contributed by atoms with Crippen LogP contribution in [0.4, 0.5) is 4.39 Å². The number of halogens is 1. The minimum absolute atomic E-state index is 0.223. The monoisotopic (exact) mass is 411 g/mol. The summed E-state index contributed by atoms with van der Waals surface area (Å²) in [5.41, 5.74) is 0. The standard InChI is InChI=1S/C19H23FN2O3S2/c1-25-17-4-8-19(9-5-17)27(23,24)22-12-10-21(11-13-22)14-15-26-18-6-2-16(20)3-7-18/h2-9H,10-15H2,1H3/p+1. The first kappa shape index (κ1) is 20.1. The fourth-order valence-electron chi connectivity index (χ4n) is 3.03. The van der Waals surface area contributed by atoms with E-state index >= 15 is 0 Å². The second kappa shape index (κ2) is 9.05. The maximum absolute atomic E-state index is 12.9. The fourth-order valence-corrected chi connectivity index (χ4v) is 5.43. The summed E-state index contributed by atoms with van der Waals surface area (Å²) in [6, 6.07) is 13.0. The van der Waals surface area contributed by atoms with E-state index in [4.69, 9.17) is 4.74 Å². The van der Waals surface area contributed by atoms with Crippen molar-refractivity contribution >= 4 is 21.8 Å². The first-order valence-corrected chi connectivity index (χ1v) is 11.3. The van der Waals surface area contributed by atoms with Gasteiger partial charge in [0.2, 0.25) is 10.0 Å². The topological polar surface area (TPSA) is 51.1 Å². The molecule has 0 aromatic heterocycles. The molecule has 2 aromatic carbocycles. The lowest BCUT2D eigenvalue weighted by molar-refractivity contribution is -0.901. The number of ether oxygens (including phenoxy) is 1. The van der Waals surface area contributed by atoms with Crippen molar-refractivity contribution in [3.63, 3.8) is 0 Å². The van der Waals surface area contributed by atoms with Crippen molar-refractivity contribution in [2.75, 3.05) is 45.6 Å². The Labute approximate surface area is 164 Å². The Bertz CT molecular complexity index is 834. The van der Waals surface area contributed by atoms with Gasteiger partial charge in [0.25, 0.3) is 0 Å². The second-order valence-electron chi connectivity index (χ2n) is 6.38. The third-order valence-corrected chi connectivity index (χ3v) is 7.59. The number of nitrogens with zero attached hydrogens (tertiary/aromatic N) is 1. The van der Waals surface area contributed by atoms with Crippen LogP contribution < -0.4 is 9.64 Å². The Morgan fingerprint density at radius 3 is 2.30 bits per heavy atom. The number of hydrogen-bond acceptors (Lipinski definition) is 4. The summed E-state index contributed by atoms with van der Waals surface area (Å²) < 4.78 is 45.1. The lowest BCUT2D eigenvalue weighted by Crippen LogP contribution is -3.15. The number of quaternary nitrogens is 1. The molecule has 0 saturated carbocycles. The predicted octanol–water partition coefficient (Wildman–Crippen LogP) is 1.52. The summed E-state index contributed by atoms with van der Waals surface area (Å²) in [6.45, 7) is 3.58. The summed E-state index contributed by atoms with van der Waals surface area (Å²) >= 11 is 1.70. The molecule has 1 aliphatic heterocycles. The molecule has 2 aromatic rings. The maximum atomic E-state index is 12.9. The minimum atomic E-state index is -3.45. The van der Waals surface area contributed by atoms with Gasteiger partial charge in [-0.15, -0.1) is 11.8 Å². The lowest BCUT2D eigenvalue weighted by atomic mass is 10.3. The molecule has 5 nitrogen and oxygen atoms in total. The Morgan fingerprint density at radius 1 is 1.07 bits per heavy atom. The average molecular weight is 412 g/mol. The van der Waals surface area contributed by atoms with E-state index < -0.39 is 10.0 Å². The first-order valence-electron chi connectivity index (χ1n) is 8.85. The molecule has 0 aliphatic carbocycles. The number of methoxy groups -OCH3 is 1. The highest BCUT2D eigenvalue weighted by Gasteiger charge is 2.30. The van der Waals surface area contributed by atoms with Gasteiger partial charge in [-0.1, -0.05) is 0 Å². The summed E-state index contributed by atoms with van der Waals surface area (Å²) in [5, 5.41) is 0. The number of hydrogen-bond donors (Lipinski definition) is 1. The van der Waals surface area contributed by atoms with E-state index in [0.29, 0.717) is 23.7 Å². The lowest BCUT2D eigenvalue weighted by Gasteiger charge is -2.31. The maximum Gasteiger partial charge on any atom is 0.243 e. The van der Waals surface area contributed by atoms with Crippen LogP contribution in [0.15, 0.2) is 58.3 Å². The van der Waals surface area contributed by atoms with Gasteiger partial charge in [0.1, 0.15) is 11.6 Å². The van der Waals surface area contributed by atoms with Crippen LogP contribution >= 0.6 is 11.8 Å². The molecule has 3 rings (SSSR count). The molecule has 0 unspecified atom stereocenters. The molecule has 1 heterocycles. The molecule has 8 heteroatoms. The Kier molecular flexibility index (Phi) is 6.75. The number of rotatable bonds is 7. The molecule has 0 bridgehead atoms. The van der Waals surface area contributed by atoms with Crippen molar-refractivity contribution in [2.24, 2.45) is 0 Å². The third kappa shape index (κ3) is 5.22. The molecule has 27 heavy (non-hydrogen) atoms. The van der Waals surface area contributed by atoms with E-state index in [1.165, 1.54) is 17.0 Å². The van der Waals surface area contributed by atoms with E-state index in [-0.39, 0.29) is 5.82 Å². The van der Waals surface area contributed by atoms with Crippen molar-refractivity contribution in [1.29, 1.82) is 0 Å². The summed E-state index contributed by atoms with van der Waals surface area (Å²) in [7, 11) is -1.90. The third-order valence-electron chi connectivity index (χ3n) is 4.66. The molecule has 0 atom stereocenters. The van der Waals surface area contributed by atoms with Crippen LogP contribution in [0.3, 0.4) is 0 Å². The molecule has 0 amide bonds. The van der Waals surface area contributed by atoms with Gasteiger partial charge in [-0.05, 0) is 48.5 Å². The largest absolute Gasteiger partial charge is 0.497 e. The van der Waals surface area contributed by atoms with Crippen LogP contribution in [-0.4, -0.2) is 58.3 Å². The number of benzene rings is 2. The normalized spacial score (nSPS) is 16.4. The Balaban J connectivity index is 1.48. The number of piperazine rings is 1. The summed E-state index contributed by atoms with van der Waals surface area (Å²) in [5.74, 6) is 1.34. The van der Waals surface area contributed by atoms with Gasteiger partial charge in [0.05, 0.1) is 44.7 Å². The molecule has 1 aliphatic rings. The van der Waals surface area contributed by atoms with Crippen molar-refractivity contribution < 1.29 is 22.4 Å². The van der Waals surface area contributed by atoms with Crippen LogP contribution in [0.2, 0.25) is 0 Å². The SMILES string of the molecule is COc1ccc(S(=O)(=O)N2CC[NH+](CCSc3ccc(F)cc3)CC2)cc1. The minimum Gasteiger partial charge on any atom is -0.497 e. The van der Waals surface area contributed by atoms with Gasteiger partial charge in [0.15, 0.2) is 0 Å². The number of thioether (sulfide) groups is 1. The summed E-state index contributed by atoms with van der Waals surface area (Å²) in [6.07, 6.45) is 0. The molecule has 0 spiro atoms. The van der Waals surface area contributed by atoms with E-state index in [2.05, 4.69) is 0 Å². The van der Waals surface area contributed by atoms with Crippen LogP contribution in [0.1, 0.15) is 0 Å². The van der Waals surface area contributed by atoms with Crippen molar-refractivity contribution in [3.05, 3.63) is 54.3 Å². The molecular weight excluding hydrogens is 387 g/mol. The van der Waals surface area contributed by atoms with Crippen LogP contribution in [0.5, 0.6) is 5.75 Å². The second-order valence-corrected chi connectivity index (χ2v) is 9.49. The number of nitrogens with one attached hydrogen (secondary N) is 1. The van der Waals surface area contributed by atoms with Crippen molar-refractivity contribution in [3.8, 4) is 5.75 Å². The molecular formula is C19H24FN2O3S2+. The van der Waals surface area contributed by atoms with Crippen LogP contribution in [0.25, 0.3) is 0 Å². The van der Waals surface area contributed by atoms with Gasteiger partial charge >= 0.3 is 0 Å². The molecule has 1 fully saturated rings. The van der Waals surface area contributed by atoms with Crippen molar-refractivity contribution in [2.45, 2.75) is 9.79 Å². The van der Waals surface area contributed by atoms with E-state index in [0.717, 1.165) is 30.3 Å². The van der Waals surface area contributed by atoms with E-state index in [1.807, 2.05) is 0 Å². The highest BCUT2D eigenvalue weighted by molar-refractivity contribution is 7.99. The highest BCUT2D eigenvalue weighted by Crippen LogP contribution is 2.20. The Hall–Kier alpha value is -1.61. The van der Waals surface area contributed by atoms with Crippen molar-refractivity contribution in [1.82, 2.24) is 4.31 Å². The van der Waals surface area contributed by atoms with Crippen LogP contribution in [-0.2, 0) is 10.0 Å². The number of sulfonamides is 1. The van der Waals surface area contributed by atoms with Gasteiger partial charge in [-0.2, -0.15) is 4.31 Å². The smallest absolute Gasteiger partial charge is 0.243 e. The zero-order valence-corrected chi connectivity index (χ0v) is 16.9. The molecule has 0 radical (unpaired) electrons. The highest BCUT2D eigenvalue weighted by atomic mass is 32.2. The average Bonchev–Trinajstić information content (AvgIpc) is 2.70. The van der Waals surface area contributed by atoms with Crippen LogP contribution in [0, 0.1) is 5.82 Å². The zero-order chi connectivity index (χ0) is 19.3. The zero-order valence-electron chi connectivity index (χ0n) is 15.2. The van der Waals surface area contributed by atoms with E-state index in [1.54, 1.807) is 59.6 Å². The predicted molar refractivity (Wildman–Crippen MR) is 104 cm³/mol. The van der Waals surface area contributed by atoms with E-state index in [9.17, 15) is 12.8 Å².